The lowest BCUT2D eigenvalue weighted by Crippen LogP contribution is -2.38. The highest BCUT2D eigenvalue weighted by Gasteiger charge is 2.15. The second-order valence-corrected chi connectivity index (χ2v) is 8.03. The molecule has 0 saturated carbocycles. The van der Waals surface area contributed by atoms with Crippen molar-refractivity contribution in [1.29, 1.82) is 0 Å². The molecule has 1 N–H and O–H groups in total. The number of nitrogens with one attached hydrogen (secondary N) is 1. The highest BCUT2D eigenvalue weighted by atomic mass is 32.2. The monoisotopic (exact) mass is 320 g/mol. The molecule has 1 aliphatic heterocycles. The first kappa shape index (κ1) is 15.3. The van der Waals surface area contributed by atoms with Crippen LogP contribution in [0.3, 0.4) is 0 Å². The van der Waals surface area contributed by atoms with E-state index in [-0.39, 0.29) is 0 Å². The Morgan fingerprint density at radius 1 is 1.24 bits per heavy atom. The van der Waals surface area contributed by atoms with E-state index in [0.29, 0.717) is 6.04 Å². The lowest BCUT2D eigenvalue weighted by molar-refractivity contribution is 0.297. The summed E-state index contributed by atoms with van der Waals surface area (Å²) in [6.45, 7) is 9.32. The van der Waals surface area contributed by atoms with Gasteiger partial charge in [0.2, 0.25) is 0 Å². The van der Waals surface area contributed by atoms with Crippen LogP contribution in [0.4, 0.5) is 0 Å². The summed E-state index contributed by atoms with van der Waals surface area (Å²) < 4.78 is 1.41. The smallest absolute Gasteiger partial charge is 0.0389 e. The average Bonchev–Trinajstić information content (AvgIpc) is 2.86. The van der Waals surface area contributed by atoms with Crippen LogP contribution >= 0.6 is 23.1 Å². The van der Waals surface area contributed by atoms with Gasteiger partial charge in [0.25, 0.3) is 0 Å². The van der Waals surface area contributed by atoms with Gasteiger partial charge in [0.15, 0.2) is 0 Å². The number of aryl methyl sites for hydroxylation is 1. The first-order valence-corrected chi connectivity index (χ1v) is 9.74. The van der Waals surface area contributed by atoms with Gasteiger partial charge in [0, 0.05) is 53.3 Å². The zero-order chi connectivity index (χ0) is 14.7. The van der Waals surface area contributed by atoms with Crippen molar-refractivity contribution in [2.45, 2.75) is 19.9 Å². The molecule has 2 aromatic rings. The normalized spacial score (nSPS) is 18.2. The van der Waals surface area contributed by atoms with Crippen LogP contribution in [0.25, 0.3) is 10.1 Å². The summed E-state index contributed by atoms with van der Waals surface area (Å²) in [7, 11) is 0. The molecule has 1 atom stereocenters. The first-order valence-electron chi connectivity index (χ1n) is 7.77. The third-order valence-corrected chi connectivity index (χ3v) is 6.65. The van der Waals surface area contributed by atoms with Gasteiger partial charge >= 0.3 is 0 Å². The number of benzene rings is 1. The lowest BCUT2D eigenvalue weighted by atomic mass is 10.1. The molecule has 1 aromatic carbocycles. The largest absolute Gasteiger partial charge is 0.308 e. The fourth-order valence-electron chi connectivity index (χ4n) is 2.96. The Balaban J connectivity index is 1.58. The molecule has 0 radical (unpaired) electrons. The summed E-state index contributed by atoms with van der Waals surface area (Å²) in [5, 5.41) is 5.13. The van der Waals surface area contributed by atoms with Crippen LogP contribution in [0.2, 0.25) is 0 Å². The van der Waals surface area contributed by atoms with Crippen molar-refractivity contribution in [2.24, 2.45) is 0 Å². The van der Waals surface area contributed by atoms with Gasteiger partial charge in [0.05, 0.1) is 0 Å². The molecule has 2 nitrogen and oxygen atoms in total. The maximum Gasteiger partial charge on any atom is 0.0389 e. The second kappa shape index (κ2) is 7.14. The van der Waals surface area contributed by atoms with Crippen molar-refractivity contribution in [2.75, 3.05) is 37.7 Å². The minimum Gasteiger partial charge on any atom is -0.308 e. The Labute approximate surface area is 135 Å². The van der Waals surface area contributed by atoms with Gasteiger partial charge in [-0.25, -0.2) is 0 Å². The number of thioether (sulfide) groups is 1. The lowest BCUT2D eigenvalue weighted by Gasteiger charge is -2.26. The Morgan fingerprint density at radius 2 is 2.00 bits per heavy atom. The summed E-state index contributed by atoms with van der Waals surface area (Å²) in [5.74, 6) is 2.59. The SMILES string of the molecule is Cc1c(C(C)NCCN2CCSCC2)sc2ccccc12. The van der Waals surface area contributed by atoms with E-state index in [0.717, 1.165) is 6.54 Å². The van der Waals surface area contributed by atoms with Crippen LogP contribution in [0.15, 0.2) is 24.3 Å². The molecule has 0 bridgehead atoms. The summed E-state index contributed by atoms with van der Waals surface area (Å²) in [4.78, 5) is 4.07. The van der Waals surface area contributed by atoms with Gasteiger partial charge in [-0.3, -0.25) is 0 Å². The number of rotatable bonds is 5. The van der Waals surface area contributed by atoms with Crippen LogP contribution in [0, 0.1) is 6.92 Å². The highest BCUT2D eigenvalue weighted by Crippen LogP contribution is 2.34. The standard InChI is InChI=1S/C17H24N2S2/c1-13-15-5-3-4-6-16(15)21-17(13)14(2)18-7-8-19-9-11-20-12-10-19/h3-6,14,18H,7-12H2,1-2H3. The fraction of sp³-hybridized carbons (Fsp3) is 0.529. The van der Waals surface area contributed by atoms with Gasteiger partial charge in [-0.1, -0.05) is 18.2 Å². The molecule has 1 saturated heterocycles. The Kier molecular flexibility index (Phi) is 5.22. The topological polar surface area (TPSA) is 15.3 Å². The summed E-state index contributed by atoms with van der Waals surface area (Å²) in [5.41, 5.74) is 1.45. The molecular formula is C17H24N2S2. The Hall–Kier alpha value is -0.550. The molecule has 1 aliphatic rings. The predicted molar refractivity (Wildman–Crippen MR) is 96.7 cm³/mol. The molecule has 0 spiro atoms. The van der Waals surface area contributed by atoms with Crippen molar-refractivity contribution in [3.05, 3.63) is 34.7 Å². The van der Waals surface area contributed by atoms with Crippen molar-refractivity contribution >= 4 is 33.2 Å². The average molecular weight is 321 g/mol. The summed E-state index contributed by atoms with van der Waals surface area (Å²) in [6, 6.07) is 9.19. The number of nitrogens with zero attached hydrogens (tertiary/aromatic N) is 1. The first-order chi connectivity index (χ1) is 10.3. The van der Waals surface area contributed by atoms with E-state index in [1.165, 1.54) is 51.7 Å². The van der Waals surface area contributed by atoms with Gasteiger partial charge < -0.3 is 10.2 Å². The van der Waals surface area contributed by atoms with Crippen molar-refractivity contribution < 1.29 is 0 Å². The number of fused-ring (bicyclic) bond motifs is 1. The third-order valence-electron chi connectivity index (χ3n) is 4.26. The molecule has 1 fully saturated rings. The molecule has 4 heteroatoms. The fourth-order valence-corrected chi connectivity index (χ4v) is 5.18. The molecule has 114 valence electrons. The predicted octanol–water partition coefficient (Wildman–Crippen LogP) is 3.91. The van der Waals surface area contributed by atoms with Crippen LogP contribution in [-0.2, 0) is 0 Å². The van der Waals surface area contributed by atoms with E-state index in [1.54, 1.807) is 0 Å². The molecule has 0 amide bonds. The maximum absolute atomic E-state index is 3.71. The van der Waals surface area contributed by atoms with Crippen molar-refractivity contribution in [1.82, 2.24) is 10.2 Å². The molecule has 2 heterocycles. The van der Waals surface area contributed by atoms with Crippen molar-refractivity contribution in [3.8, 4) is 0 Å². The van der Waals surface area contributed by atoms with Crippen molar-refractivity contribution in [3.63, 3.8) is 0 Å². The van der Waals surface area contributed by atoms with Gasteiger partial charge in [0.1, 0.15) is 0 Å². The second-order valence-electron chi connectivity index (χ2n) is 5.72. The molecule has 3 rings (SSSR count). The van der Waals surface area contributed by atoms with E-state index < -0.39 is 0 Å². The summed E-state index contributed by atoms with van der Waals surface area (Å²) >= 11 is 4.02. The van der Waals surface area contributed by atoms with E-state index >= 15 is 0 Å². The van der Waals surface area contributed by atoms with E-state index in [4.69, 9.17) is 0 Å². The van der Waals surface area contributed by atoms with Gasteiger partial charge in [-0.2, -0.15) is 11.8 Å². The van der Waals surface area contributed by atoms with Gasteiger partial charge in [-0.15, -0.1) is 11.3 Å². The van der Waals surface area contributed by atoms with E-state index in [1.807, 2.05) is 11.3 Å². The van der Waals surface area contributed by atoms with E-state index in [2.05, 4.69) is 60.1 Å². The minimum atomic E-state index is 0.446. The summed E-state index contributed by atoms with van der Waals surface area (Å²) in [6.07, 6.45) is 0. The van der Waals surface area contributed by atoms with Crippen LogP contribution in [0.5, 0.6) is 0 Å². The van der Waals surface area contributed by atoms with Crippen LogP contribution in [-0.4, -0.2) is 42.6 Å². The Morgan fingerprint density at radius 3 is 2.76 bits per heavy atom. The van der Waals surface area contributed by atoms with E-state index in [9.17, 15) is 0 Å². The zero-order valence-corrected chi connectivity index (χ0v) is 14.5. The number of thiophene rings is 1. The number of hydrogen-bond acceptors (Lipinski definition) is 4. The highest BCUT2D eigenvalue weighted by molar-refractivity contribution is 7.99. The maximum atomic E-state index is 3.71. The third kappa shape index (κ3) is 3.62. The van der Waals surface area contributed by atoms with Gasteiger partial charge in [-0.05, 0) is 30.9 Å². The molecule has 1 aromatic heterocycles. The molecular weight excluding hydrogens is 296 g/mol. The Bertz CT molecular complexity index is 587. The minimum absolute atomic E-state index is 0.446. The zero-order valence-electron chi connectivity index (χ0n) is 12.9. The van der Waals surface area contributed by atoms with Crippen LogP contribution < -0.4 is 5.32 Å². The number of hydrogen-bond donors (Lipinski definition) is 1. The molecule has 21 heavy (non-hydrogen) atoms. The molecule has 0 aliphatic carbocycles. The quantitative estimate of drug-likeness (QED) is 0.899. The molecule has 1 unspecified atom stereocenters. The van der Waals surface area contributed by atoms with Crippen LogP contribution in [0.1, 0.15) is 23.4 Å².